The Morgan fingerprint density at radius 1 is 1.09 bits per heavy atom. The van der Waals surface area contributed by atoms with Gasteiger partial charge in [-0.2, -0.15) is 4.31 Å². The summed E-state index contributed by atoms with van der Waals surface area (Å²) in [6, 6.07) is 13.1. The van der Waals surface area contributed by atoms with E-state index in [0.29, 0.717) is 25.3 Å². The molecule has 1 heterocycles. The Morgan fingerprint density at radius 2 is 1.78 bits per heavy atom. The summed E-state index contributed by atoms with van der Waals surface area (Å²) in [5.74, 6) is 0.516. The van der Waals surface area contributed by atoms with Gasteiger partial charge < -0.3 is 10.1 Å². The molecule has 0 spiro atoms. The number of aryl methyl sites for hydroxylation is 2. The highest BCUT2D eigenvalue weighted by Crippen LogP contribution is 2.27. The average Bonchev–Trinajstić information content (AvgIpc) is 2.83. The first-order valence-electron chi connectivity index (χ1n) is 11.4. The van der Waals surface area contributed by atoms with Gasteiger partial charge >= 0.3 is 0 Å². The van der Waals surface area contributed by atoms with Crippen LogP contribution in [0.25, 0.3) is 0 Å². The minimum absolute atomic E-state index is 0.0802. The van der Waals surface area contributed by atoms with E-state index in [2.05, 4.69) is 24.4 Å². The molecule has 1 N–H and O–H groups in total. The van der Waals surface area contributed by atoms with Gasteiger partial charge in [-0.05, 0) is 67.5 Å². The van der Waals surface area contributed by atoms with E-state index in [-0.39, 0.29) is 23.3 Å². The van der Waals surface area contributed by atoms with Crippen LogP contribution in [0.2, 0.25) is 0 Å². The van der Waals surface area contributed by atoms with Crippen LogP contribution in [0.15, 0.2) is 47.4 Å². The summed E-state index contributed by atoms with van der Waals surface area (Å²) in [6.45, 7) is 5.19. The van der Waals surface area contributed by atoms with Gasteiger partial charge in [-0.15, -0.1) is 0 Å². The zero-order valence-corrected chi connectivity index (χ0v) is 20.1. The van der Waals surface area contributed by atoms with Gasteiger partial charge in [0.15, 0.2) is 0 Å². The second-order valence-electron chi connectivity index (χ2n) is 8.32. The highest BCUT2D eigenvalue weighted by Gasteiger charge is 2.26. The van der Waals surface area contributed by atoms with Gasteiger partial charge in [0, 0.05) is 19.5 Å². The molecular weight excluding hydrogens is 424 g/mol. The van der Waals surface area contributed by atoms with Crippen LogP contribution in [0.4, 0.5) is 0 Å². The SMILES string of the molecule is CCc1ccc([C@H](C)NC(=O)CCc2cc(S(=O)(=O)N3CCCCC3)ccc2OC)cc1. The maximum Gasteiger partial charge on any atom is 0.243 e. The number of nitrogens with one attached hydrogen (secondary N) is 1. The molecule has 0 saturated carbocycles. The van der Waals surface area contributed by atoms with Gasteiger partial charge in [-0.3, -0.25) is 4.79 Å². The Labute approximate surface area is 192 Å². The number of benzene rings is 2. The molecule has 2 aromatic rings. The van der Waals surface area contributed by atoms with Crippen molar-refractivity contribution in [2.24, 2.45) is 0 Å². The number of hydrogen-bond acceptors (Lipinski definition) is 4. The number of ether oxygens (including phenoxy) is 1. The molecule has 174 valence electrons. The fraction of sp³-hybridized carbons (Fsp3) is 0.480. The average molecular weight is 459 g/mol. The van der Waals surface area contributed by atoms with E-state index >= 15 is 0 Å². The molecular formula is C25H34N2O4S. The first-order chi connectivity index (χ1) is 15.3. The van der Waals surface area contributed by atoms with Crippen LogP contribution < -0.4 is 10.1 Å². The second-order valence-corrected chi connectivity index (χ2v) is 10.3. The molecule has 0 radical (unpaired) electrons. The van der Waals surface area contributed by atoms with Gasteiger partial charge in [0.1, 0.15) is 5.75 Å². The molecule has 1 fully saturated rings. The predicted octanol–water partition coefficient (Wildman–Crippen LogP) is 4.24. The number of nitrogens with zero attached hydrogens (tertiary/aromatic N) is 1. The Bertz CT molecular complexity index is 1010. The molecule has 0 aliphatic carbocycles. The molecule has 32 heavy (non-hydrogen) atoms. The van der Waals surface area contributed by atoms with Crippen LogP contribution in [0.1, 0.15) is 62.3 Å². The van der Waals surface area contributed by atoms with Gasteiger partial charge in [0.2, 0.25) is 15.9 Å². The number of carbonyl (C=O) groups excluding carboxylic acids is 1. The quantitative estimate of drug-likeness (QED) is 0.610. The van der Waals surface area contributed by atoms with E-state index in [1.807, 2.05) is 19.1 Å². The van der Waals surface area contributed by atoms with Crippen molar-refractivity contribution < 1.29 is 17.9 Å². The zero-order valence-electron chi connectivity index (χ0n) is 19.3. The summed E-state index contributed by atoms with van der Waals surface area (Å²) in [5.41, 5.74) is 3.04. The normalized spacial score (nSPS) is 15.8. The molecule has 1 aliphatic heterocycles. The Kier molecular flexibility index (Phi) is 8.32. The van der Waals surface area contributed by atoms with E-state index in [4.69, 9.17) is 4.74 Å². The van der Waals surface area contributed by atoms with Crippen molar-refractivity contribution in [3.8, 4) is 5.75 Å². The molecule has 0 bridgehead atoms. The van der Waals surface area contributed by atoms with Gasteiger partial charge in [-0.1, -0.05) is 37.6 Å². The van der Waals surface area contributed by atoms with Crippen LogP contribution in [0.3, 0.4) is 0 Å². The number of sulfonamides is 1. The minimum atomic E-state index is -3.53. The van der Waals surface area contributed by atoms with Gasteiger partial charge in [0.05, 0.1) is 18.0 Å². The summed E-state index contributed by atoms with van der Waals surface area (Å²) in [6.07, 6.45) is 4.48. The third kappa shape index (κ3) is 5.90. The summed E-state index contributed by atoms with van der Waals surface area (Å²) in [4.78, 5) is 12.8. The van der Waals surface area contributed by atoms with Crippen molar-refractivity contribution in [2.75, 3.05) is 20.2 Å². The third-order valence-electron chi connectivity index (χ3n) is 6.09. The van der Waals surface area contributed by atoms with E-state index in [0.717, 1.165) is 36.8 Å². The maximum atomic E-state index is 13.0. The molecule has 0 aromatic heterocycles. The van der Waals surface area contributed by atoms with Crippen LogP contribution >= 0.6 is 0 Å². The van der Waals surface area contributed by atoms with Gasteiger partial charge in [-0.25, -0.2) is 8.42 Å². The highest BCUT2D eigenvalue weighted by atomic mass is 32.2. The van der Waals surface area contributed by atoms with E-state index in [1.54, 1.807) is 29.6 Å². The number of carbonyl (C=O) groups is 1. The second kappa shape index (κ2) is 11.0. The highest BCUT2D eigenvalue weighted by molar-refractivity contribution is 7.89. The summed E-state index contributed by atoms with van der Waals surface area (Å²) < 4.78 is 33.0. The topological polar surface area (TPSA) is 75.7 Å². The standard InChI is InChI=1S/C25H34N2O4S/c1-4-20-8-10-21(11-9-20)19(2)26-25(28)15-12-22-18-23(13-14-24(22)31-3)32(29,30)27-16-6-5-7-17-27/h8-11,13-14,18-19H,4-7,12,15-17H2,1-3H3,(H,26,28)/t19-/m0/s1. The predicted molar refractivity (Wildman–Crippen MR) is 126 cm³/mol. The molecule has 1 saturated heterocycles. The number of hydrogen-bond donors (Lipinski definition) is 1. The van der Waals surface area contributed by atoms with Gasteiger partial charge in [0.25, 0.3) is 0 Å². The molecule has 6 nitrogen and oxygen atoms in total. The molecule has 1 aliphatic rings. The molecule has 2 aromatic carbocycles. The maximum absolute atomic E-state index is 13.0. The van der Waals surface area contributed by atoms with Crippen molar-refractivity contribution in [1.82, 2.24) is 9.62 Å². The van der Waals surface area contributed by atoms with Crippen LogP contribution in [0.5, 0.6) is 5.75 Å². The van der Waals surface area contributed by atoms with Crippen molar-refractivity contribution >= 4 is 15.9 Å². The molecule has 0 unspecified atom stereocenters. The third-order valence-corrected chi connectivity index (χ3v) is 7.99. The van der Waals surface area contributed by atoms with Crippen LogP contribution in [-0.2, 0) is 27.7 Å². The molecule has 3 rings (SSSR count). The van der Waals surface area contributed by atoms with E-state index in [9.17, 15) is 13.2 Å². The fourth-order valence-electron chi connectivity index (χ4n) is 4.05. The summed E-state index contributed by atoms with van der Waals surface area (Å²) in [5, 5.41) is 3.03. The minimum Gasteiger partial charge on any atom is -0.496 e. The van der Waals surface area contributed by atoms with E-state index in [1.165, 1.54) is 5.56 Å². The van der Waals surface area contributed by atoms with Crippen molar-refractivity contribution in [1.29, 1.82) is 0 Å². The van der Waals surface area contributed by atoms with E-state index < -0.39 is 10.0 Å². The fourth-order valence-corrected chi connectivity index (χ4v) is 5.62. The molecule has 7 heteroatoms. The molecule has 1 amide bonds. The monoisotopic (exact) mass is 458 g/mol. The van der Waals surface area contributed by atoms with Crippen molar-refractivity contribution in [2.45, 2.75) is 63.3 Å². The van der Waals surface area contributed by atoms with Crippen LogP contribution in [-0.4, -0.2) is 38.8 Å². The summed E-state index contributed by atoms with van der Waals surface area (Å²) in [7, 11) is -1.98. The number of amides is 1. The number of rotatable bonds is 9. The lowest BCUT2D eigenvalue weighted by Gasteiger charge is -2.26. The Morgan fingerprint density at radius 3 is 2.41 bits per heavy atom. The number of methoxy groups -OCH3 is 1. The molecule has 1 atom stereocenters. The van der Waals surface area contributed by atoms with Crippen molar-refractivity contribution in [3.05, 3.63) is 59.2 Å². The largest absolute Gasteiger partial charge is 0.496 e. The smallest absolute Gasteiger partial charge is 0.243 e. The summed E-state index contributed by atoms with van der Waals surface area (Å²) >= 11 is 0. The first kappa shape index (κ1) is 24.3. The lowest BCUT2D eigenvalue weighted by molar-refractivity contribution is -0.121. The van der Waals surface area contributed by atoms with Crippen LogP contribution in [0, 0.1) is 0 Å². The Balaban J connectivity index is 1.66. The lowest BCUT2D eigenvalue weighted by atomic mass is 10.0. The first-order valence-corrected chi connectivity index (χ1v) is 12.8. The number of piperidine rings is 1. The van der Waals surface area contributed by atoms with Crippen molar-refractivity contribution in [3.63, 3.8) is 0 Å². The Hall–Kier alpha value is -2.38. The lowest BCUT2D eigenvalue weighted by Crippen LogP contribution is -2.35. The zero-order chi connectivity index (χ0) is 23.1.